The van der Waals surface area contributed by atoms with Crippen molar-refractivity contribution in [2.45, 2.75) is 12.6 Å². The Labute approximate surface area is 130 Å². The summed E-state index contributed by atoms with van der Waals surface area (Å²) >= 11 is 0. The van der Waals surface area contributed by atoms with E-state index in [0.717, 1.165) is 18.8 Å². The van der Waals surface area contributed by atoms with Crippen LogP contribution in [0.2, 0.25) is 0 Å². The first-order valence-electron chi connectivity index (χ1n) is 7.82. The second kappa shape index (κ2) is 5.71. The van der Waals surface area contributed by atoms with Gasteiger partial charge in [0.05, 0.1) is 6.61 Å². The van der Waals surface area contributed by atoms with Gasteiger partial charge in [0.2, 0.25) is 0 Å². The Balaban J connectivity index is 1.67. The second-order valence-corrected chi connectivity index (χ2v) is 6.19. The van der Waals surface area contributed by atoms with E-state index in [9.17, 15) is 5.11 Å². The Kier molecular flexibility index (Phi) is 3.56. The highest BCUT2D eigenvalue weighted by Crippen LogP contribution is 2.47. The van der Waals surface area contributed by atoms with E-state index in [2.05, 4.69) is 28.1 Å². The minimum atomic E-state index is 0.218. The van der Waals surface area contributed by atoms with E-state index in [1.807, 2.05) is 24.4 Å². The molecular formula is C18H20N2O2. The number of hydrogen-bond acceptors (Lipinski definition) is 4. The van der Waals surface area contributed by atoms with Crippen LogP contribution in [-0.2, 0) is 6.54 Å². The quantitative estimate of drug-likeness (QED) is 0.943. The number of ether oxygens (including phenoxy) is 1. The molecule has 2 aliphatic heterocycles. The maximum absolute atomic E-state index is 9.74. The number of benzene rings is 1. The first-order valence-corrected chi connectivity index (χ1v) is 7.82. The minimum Gasteiger partial charge on any atom is -0.493 e. The summed E-state index contributed by atoms with van der Waals surface area (Å²) < 4.78 is 5.92. The molecule has 0 radical (unpaired) electrons. The largest absolute Gasteiger partial charge is 0.493 e. The number of aliphatic hydroxyl groups is 1. The number of rotatable bonds is 3. The van der Waals surface area contributed by atoms with Crippen molar-refractivity contribution in [1.29, 1.82) is 0 Å². The number of nitrogens with zero attached hydrogens (tertiary/aromatic N) is 2. The molecule has 4 nitrogen and oxygen atoms in total. The number of aromatic nitrogens is 1. The van der Waals surface area contributed by atoms with Crippen LogP contribution in [0, 0.1) is 11.8 Å². The molecule has 4 heteroatoms. The van der Waals surface area contributed by atoms with Crippen LogP contribution in [-0.4, -0.2) is 34.7 Å². The third-order valence-electron chi connectivity index (χ3n) is 4.89. The van der Waals surface area contributed by atoms with Gasteiger partial charge in [-0.3, -0.25) is 9.88 Å². The highest BCUT2D eigenvalue weighted by molar-refractivity contribution is 5.39. The van der Waals surface area contributed by atoms with E-state index in [4.69, 9.17) is 4.74 Å². The third-order valence-corrected chi connectivity index (χ3v) is 4.89. The average Bonchev–Trinajstić information content (AvgIpc) is 2.94. The zero-order valence-corrected chi connectivity index (χ0v) is 12.4. The van der Waals surface area contributed by atoms with Gasteiger partial charge in [-0.15, -0.1) is 0 Å². The predicted molar refractivity (Wildman–Crippen MR) is 83.4 cm³/mol. The molecule has 22 heavy (non-hydrogen) atoms. The maximum atomic E-state index is 9.74. The first kappa shape index (κ1) is 13.7. The lowest BCUT2D eigenvalue weighted by atomic mass is 9.86. The van der Waals surface area contributed by atoms with Gasteiger partial charge in [-0.25, -0.2) is 0 Å². The van der Waals surface area contributed by atoms with Gasteiger partial charge in [0.15, 0.2) is 0 Å². The summed E-state index contributed by atoms with van der Waals surface area (Å²) in [6.45, 7) is 2.67. The molecule has 0 aliphatic carbocycles. The Hall–Kier alpha value is -1.91. The first-order chi connectivity index (χ1) is 10.9. The van der Waals surface area contributed by atoms with Gasteiger partial charge in [0.1, 0.15) is 5.75 Å². The molecule has 0 saturated carbocycles. The molecule has 4 rings (SSSR count). The summed E-state index contributed by atoms with van der Waals surface area (Å²) in [7, 11) is 0. The van der Waals surface area contributed by atoms with Crippen molar-refractivity contribution in [2.75, 3.05) is 19.8 Å². The highest BCUT2D eigenvalue weighted by atomic mass is 16.5. The van der Waals surface area contributed by atoms with Crippen molar-refractivity contribution in [2.24, 2.45) is 11.8 Å². The Bertz CT molecular complexity index is 647. The topological polar surface area (TPSA) is 45.6 Å². The van der Waals surface area contributed by atoms with E-state index in [1.54, 1.807) is 6.20 Å². The Morgan fingerprint density at radius 1 is 1.23 bits per heavy atom. The molecule has 1 saturated heterocycles. The van der Waals surface area contributed by atoms with Gasteiger partial charge >= 0.3 is 0 Å². The van der Waals surface area contributed by atoms with Gasteiger partial charge in [-0.1, -0.05) is 24.3 Å². The zero-order valence-electron chi connectivity index (χ0n) is 12.4. The van der Waals surface area contributed by atoms with Crippen molar-refractivity contribution < 1.29 is 9.84 Å². The smallest absolute Gasteiger partial charge is 0.124 e. The van der Waals surface area contributed by atoms with Crippen LogP contribution in [0.4, 0.5) is 0 Å². The molecule has 3 atom stereocenters. The molecule has 1 aromatic carbocycles. The van der Waals surface area contributed by atoms with Gasteiger partial charge in [0, 0.05) is 55.5 Å². The fourth-order valence-corrected chi connectivity index (χ4v) is 3.86. The van der Waals surface area contributed by atoms with E-state index in [1.165, 1.54) is 11.1 Å². The summed E-state index contributed by atoms with van der Waals surface area (Å²) in [5.41, 5.74) is 2.46. The van der Waals surface area contributed by atoms with Crippen LogP contribution in [0.1, 0.15) is 17.2 Å². The van der Waals surface area contributed by atoms with E-state index >= 15 is 0 Å². The summed E-state index contributed by atoms with van der Waals surface area (Å²) in [6, 6.07) is 12.7. The monoisotopic (exact) mass is 296 g/mol. The zero-order chi connectivity index (χ0) is 14.9. The van der Waals surface area contributed by atoms with Crippen molar-refractivity contribution in [3.63, 3.8) is 0 Å². The van der Waals surface area contributed by atoms with Crippen LogP contribution >= 0.6 is 0 Å². The van der Waals surface area contributed by atoms with Gasteiger partial charge in [-0.05, 0) is 17.7 Å². The SMILES string of the molecule is OC[C@@H]1CN(Cc2cccnc2)[C@H]2c3ccccc3OC[C@@H]12. The molecule has 1 N–H and O–H groups in total. The summed E-state index contributed by atoms with van der Waals surface area (Å²) in [5, 5.41) is 9.74. The van der Waals surface area contributed by atoms with Gasteiger partial charge < -0.3 is 9.84 Å². The molecule has 2 aromatic rings. The van der Waals surface area contributed by atoms with E-state index < -0.39 is 0 Å². The molecule has 3 heterocycles. The summed E-state index contributed by atoms with van der Waals surface area (Å²) in [5.74, 6) is 1.62. The molecule has 0 bridgehead atoms. The normalized spacial score (nSPS) is 27.0. The molecule has 0 unspecified atom stereocenters. The van der Waals surface area contributed by atoms with Gasteiger partial charge in [-0.2, -0.15) is 0 Å². The van der Waals surface area contributed by atoms with E-state index in [0.29, 0.717) is 18.6 Å². The molecule has 1 fully saturated rings. The van der Waals surface area contributed by atoms with E-state index in [-0.39, 0.29) is 12.5 Å². The number of aliphatic hydroxyl groups excluding tert-OH is 1. The summed E-state index contributed by atoms with van der Waals surface area (Å²) in [4.78, 5) is 6.68. The van der Waals surface area contributed by atoms with Crippen molar-refractivity contribution in [3.05, 3.63) is 59.9 Å². The standard InChI is InChI=1S/C18H20N2O2/c21-11-14-10-20(9-13-4-3-7-19-8-13)18-15-5-1-2-6-17(15)22-12-16(14)18/h1-8,14,16,18,21H,9-12H2/t14-,16-,18-/m0/s1. The fraction of sp³-hybridized carbons (Fsp3) is 0.389. The van der Waals surface area contributed by atoms with Gasteiger partial charge in [0.25, 0.3) is 0 Å². The average molecular weight is 296 g/mol. The number of hydrogen-bond donors (Lipinski definition) is 1. The summed E-state index contributed by atoms with van der Waals surface area (Å²) in [6.07, 6.45) is 3.73. The molecule has 0 amide bonds. The molecule has 0 spiro atoms. The van der Waals surface area contributed by atoms with Crippen LogP contribution in [0.25, 0.3) is 0 Å². The second-order valence-electron chi connectivity index (χ2n) is 6.19. The number of para-hydroxylation sites is 1. The predicted octanol–water partition coefficient (Wildman–Crippen LogP) is 2.26. The molecule has 2 aliphatic rings. The van der Waals surface area contributed by atoms with Crippen LogP contribution in [0.5, 0.6) is 5.75 Å². The lowest BCUT2D eigenvalue weighted by molar-refractivity contribution is 0.118. The molecule has 114 valence electrons. The Morgan fingerprint density at radius 2 is 2.14 bits per heavy atom. The van der Waals surface area contributed by atoms with Crippen molar-refractivity contribution >= 4 is 0 Å². The Morgan fingerprint density at radius 3 is 2.95 bits per heavy atom. The van der Waals surface area contributed by atoms with Crippen molar-refractivity contribution in [1.82, 2.24) is 9.88 Å². The maximum Gasteiger partial charge on any atom is 0.124 e. The lowest BCUT2D eigenvalue weighted by Gasteiger charge is -2.34. The minimum absolute atomic E-state index is 0.218. The third kappa shape index (κ3) is 2.28. The molecule has 1 aromatic heterocycles. The highest BCUT2D eigenvalue weighted by Gasteiger charge is 2.45. The van der Waals surface area contributed by atoms with Crippen LogP contribution in [0.15, 0.2) is 48.8 Å². The van der Waals surface area contributed by atoms with Crippen molar-refractivity contribution in [3.8, 4) is 5.75 Å². The molecular weight excluding hydrogens is 276 g/mol. The number of likely N-dealkylation sites (tertiary alicyclic amines) is 1. The number of pyridine rings is 1. The number of fused-ring (bicyclic) bond motifs is 3. The van der Waals surface area contributed by atoms with Crippen LogP contribution < -0.4 is 4.74 Å². The van der Waals surface area contributed by atoms with Crippen LogP contribution in [0.3, 0.4) is 0 Å². The lowest BCUT2D eigenvalue weighted by Crippen LogP contribution is -2.31. The fourth-order valence-electron chi connectivity index (χ4n) is 3.86.